The highest BCUT2D eigenvalue weighted by Gasteiger charge is 2.26. The van der Waals surface area contributed by atoms with E-state index in [1.54, 1.807) is 4.90 Å². The second-order valence-electron chi connectivity index (χ2n) is 7.02. The van der Waals surface area contributed by atoms with E-state index in [2.05, 4.69) is 15.6 Å². The summed E-state index contributed by atoms with van der Waals surface area (Å²) in [6.07, 6.45) is 2.28. The van der Waals surface area contributed by atoms with Crippen molar-refractivity contribution in [3.05, 3.63) is 66.4 Å². The summed E-state index contributed by atoms with van der Waals surface area (Å²) in [6.45, 7) is 2.06. The van der Waals surface area contributed by atoms with Gasteiger partial charge in [0.05, 0.1) is 13.2 Å². The molecule has 1 fully saturated rings. The smallest absolute Gasteiger partial charge is 0.318 e. The van der Waals surface area contributed by atoms with Gasteiger partial charge in [-0.3, -0.25) is 4.79 Å². The number of para-hydroxylation sites is 2. The highest BCUT2D eigenvalue weighted by Crippen LogP contribution is 2.20. The van der Waals surface area contributed by atoms with Crippen molar-refractivity contribution in [2.45, 2.75) is 12.5 Å². The molecular formula is C22H24N4O3. The first kappa shape index (κ1) is 19.0. The van der Waals surface area contributed by atoms with E-state index in [4.69, 9.17) is 4.74 Å². The summed E-state index contributed by atoms with van der Waals surface area (Å²) in [6, 6.07) is 16.2. The number of carbonyl (C=O) groups excluding carboxylic acids is 2. The van der Waals surface area contributed by atoms with E-state index in [0.717, 1.165) is 16.5 Å². The lowest BCUT2D eigenvalue weighted by Gasteiger charge is -2.29. The molecule has 0 saturated carbocycles. The van der Waals surface area contributed by atoms with Gasteiger partial charge in [-0.25, -0.2) is 4.79 Å². The Morgan fingerprint density at radius 3 is 2.55 bits per heavy atom. The number of aromatic amines is 1. The van der Waals surface area contributed by atoms with E-state index in [1.165, 1.54) is 0 Å². The fourth-order valence-corrected chi connectivity index (χ4v) is 3.49. The third-order valence-corrected chi connectivity index (χ3v) is 5.05. The van der Waals surface area contributed by atoms with Crippen LogP contribution in [0.5, 0.6) is 0 Å². The largest absolute Gasteiger partial charge is 0.378 e. The van der Waals surface area contributed by atoms with Crippen LogP contribution in [0.4, 0.5) is 10.5 Å². The maximum atomic E-state index is 13.0. The van der Waals surface area contributed by atoms with E-state index >= 15 is 0 Å². The monoisotopic (exact) mass is 392 g/mol. The molecule has 0 unspecified atom stereocenters. The summed E-state index contributed by atoms with van der Waals surface area (Å²) in [5, 5.41) is 6.87. The zero-order valence-corrected chi connectivity index (χ0v) is 16.1. The molecule has 0 bridgehead atoms. The first-order chi connectivity index (χ1) is 14.2. The zero-order chi connectivity index (χ0) is 20.1. The predicted octanol–water partition coefficient (Wildman–Crippen LogP) is 2.76. The average molecular weight is 392 g/mol. The molecule has 1 aliphatic heterocycles. The fraction of sp³-hybridized carbons (Fsp3) is 0.273. The number of rotatable bonds is 5. The lowest BCUT2D eigenvalue weighted by atomic mass is 10.0. The van der Waals surface area contributed by atoms with Crippen molar-refractivity contribution in [1.82, 2.24) is 15.2 Å². The van der Waals surface area contributed by atoms with Crippen LogP contribution in [-0.2, 0) is 16.0 Å². The highest BCUT2D eigenvalue weighted by atomic mass is 16.5. The Morgan fingerprint density at radius 1 is 1.03 bits per heavy atom. The number of aromatic nitrogens is 1. The Morgan fingerprint density at radius 2 is 1.76 bits per heavy atom. The molecule has 1 saturated heterocycles. The number of hydrogen-bond donors (Lipinski definition) is 3. The number of fused-ring (bicyclic) bond motifs is 1. The van der Waals surface area contributed by atoms with Crippen LogP contribution in [0.3, 0.4) is 0 Å². The molecule has 150 valence electrons. The van der Waals surface area contributed by atoms with Crippen molar-refractivity contribution in [3.63, 3.8) is 0 Å². The normalized spacial score (nSPS) is 15.1. The minimum absolute atomic E-state index is 0.247. The molecule has 3 aromatic rings. The third kappa shape index (κ3) is 4.57. The second-order valence-corrected chi connectivity index (χ2v) is 7.02. The fourth-order valence-electron chi connectivity index (χ4n) is 3.49. The molecular weight excluding hydrogens is 368 g/mol. The summed E-state index contributed by atoms with van der Waals surface area (Å²) < 4.78 is 5.31. The molecule has 0 radical (unpaired) electrons. The Labute approximate surface area is 169 Å². The molecule has 1 atom stereocenters. The molecule has 7 heteroatoms. The van der Waals surface area contributed by atoms with Gasteiger partial charge in [0.1, 0.15) is 6.04 Å². The lowest BCUT2D eigenvalue weighted by molar-refractivity contribution is -0.118. The maximum absolute atomic E-state index is 13.0. The minimum Gasteiger partial charge on any atom is -0.378 e. The molecule has 0 aliphatic carbocycles. The Kier molecular flexibility index (Phi) is 5.76. The first-order valence-electron chi connectivity index (χ1n) is 9.75. The number of benzene rings is 2. The van der Waals surface area contributed by atoms with Gasteiger partial charge in [-0.2, -0.15) is 0 Å². The van der Waals surface area contributed by atoms with Crippen LogP contribution in [0.1, 0.15) is 5.56 Å². The van der Waals surface area contributed by atoms with Crippen LogP contribution < -0.4 is 10.6 Å². The standard InChI is InChI=1S/C22H24N4O3/c27-21(24-17-6-2-1-3-7-17)20(25-22(28)26-10-12-29-13-11-26)14-16-15-23-19-9-5-4-8-18(16)19/h1-9,15,20,23H,10-14H2,(H,24,27)(H,25,28)/t20-/m0/s1. The minimum atomic E-state index is -0.704. The quantitative estimate of drug-likeness (QED) is 0.624. The molecule has 1 aliphatic rings. The number of nitrogens with zero attached hydrogens (tertiary/aromatic N) is 1. The van der Waals surface area contributed by atoms with Crippen molar-refractivity contribution in [2.24, 2.45) is 0 Å². The van der Waals surface area contributed by atoms with Crippen molar-refractivity contribution in [3.8, 4) is 0 Å². The third-order valence-electron chi connectivity index (χ3n) is 5.05. The highest BCUT2D eigenvalue weighted by molar-refractivity contribution is 5.97. The number of morpholine rings is 1. The van der Waals surface area contributed by atoms with Crippen LogP contribution in [0.15, 0.2) is 60.8 Å². The van der Waals surface area contributed by atoms with Crippen molar-refractivity contribution in [2.75, 3.05) is 31.6 Å². The number of anilines is 1. The summed E-state index contributed by atoms with van der Waals surface area (Å²) in [7, 11) is 0. The lowest BCUT2D eigenvalue weighted by Crippen LogP contribution is -2.53. The van der Waals surface area contributed by atoms with E-state index in [9.17, 15) is 9.59 Å². The van der Waals surface area contributed by atoms with E-state index in [1.807, 2.05) is 60.8 Å². The van der Waals surface area contributed by atoms with Crippen LogP contribution in [0, 0.1) is 0 Å². The number of H-pyrrole nitrogens is 1. The number of urea groups is 1. The second kappa shape index (κ2) is 8.79. The maximum Gasteiger partial charge on any atom is 0.318 e. The summed E-state index contributed by atoms with van der Waals surface area (Å²) in [5.74, 6) is -0.247. The number of carbonyl (C=O) groups is 2. The van der Waals surface area contributed by atoms with E-state index < -0.39 is 6.04 Å². The molecule has 2 heterocycles. The first-order valence-corrected chi connectivity index (χ1v) is 9.75. The topological polar surface area (TPSA) is 86.5 Å². The summed E-state index contributed by atoms with van der Waals surface area (Å²) >= 11 is 0. The van der Waals surface area contributed by atoms with Gasteiger partial charge in [-0.1, -0.05) is 36.4 Å². The Bertz CT molecular complexity index is 980. The zero-order valence-electron chi connectivity index (χ0n) is 16.1. The van der Waals surface area contributed by atoms with Crippen molar-refractivity contribution < 1.29 is 14.3 Å². The van der Waals surface area contributed by atoms with E-state index in [-0.39, 0.29) is 11.9 Å². The van der Waals surface area contributed by atoms with Gasteiger partial charge in [0.25, 0.3) is 0 Å². The van der Waals surface area contributed by atoms with Crippen LogP contribution in [0.2, 0.25) is 0 Å². The molecule has 3 N–H and O–H groups in total. The molecule has 4 rings (SSSR count). The van der Waals surface area contributed by atoms with Crippen LogP contribution in [-0.4, -0.2) is 54.2 Å². The van der Waals surface area contributed by atoms with Gasteiger partial charge in [0.2, 0.25) is 5.91 Å². The summed E-state index contributed by atoms with van der Waals surface area (Å²) in [4.78, 5) is 30.7. The Balaban J connectivity index is 1.54. The molecule has 0 spiro atoms. The molecule has 2 aromatic carbocycles. The van der Waals surface area contributed by atoms with Crippen LogP contribution in [0.25, 0.3) is 10.9 Å². The number of amides is 3. The SMILES string of the molecule is O=C(Nc1ccccc1)[C@H](Cc1c[nH]c2ccccc12)NC(=O)N1CCOCC1. The average Bonchev–Trinajstić information content (AvgIpc) is 3.17. The van der Waals surface area contributed by atoms with Gasteiger partial charge in [0.15, 0.2) is 0 Å². The predicted molar refractivity (Wildman–Crippen MR) is 112 cm³/mol. The number of hydrogen-bond acceptors (Lipinski definition) is 3. The van der Waals surface area contributed by atoms with Gasteiger partial charge >= 0.3 is 6.03 Å². The van der Waals surface area contributed by atoms with Crippen molar-refractivity contribution >= 4 is 28.5 Å². The van der Waals surface area contributed by atoms with Gasteiger partial charge in [0, 0.05) is 42.3 Å². The molecule has 1 aromatic heterocycles. The number of nitrogens with one attached hydrogen (secondary N) is 3. The molecule has 29 heavy (non-hydrogen) atoms. The van der Waals surface area contributed by atoms with Crippen LogP contribution >= 0.6 is 0 Å². The Hall–Kier alpha value is -3.32. The molecule has 7 nitrogen and oxygen atoms in total. The molecule has 3 amide bonds. The number of ether oxygens (including phenoxy) is 1. The van der Waals surface area contributed by atoms with Crippen molar-refractivity contribution in [1.29, 1.82) is 0 Å². The van der Waals surface area contributed by atoms with Gasteiger partial charge in [-0.05, 0) is 23.8 Å². The summed E-state index contributed by atoms with van der Waals surface area (Å²) in [5.41, 5.74) is 2.68. The van der Waals surface area contributed by atoms with E-state index in [0.29, 0.717) is 38.4 Å². The van der Waals surface area contributed by atoms with Gasteiger partial charge in [-0.15, -0.1) is 0 Å². The van der Waals surface area contributed by atoms with Gasteiger partial charge < -0.3 is 25.3 Å².